The van der Waals surface area contributed by atoms with Crippen LogP contribution in [-0.2, 0) is 6.54 Å². The lowest BCUT2D eigenvalue weighted by Gasteiger charge is -2.08. The molecule has 0 atom stereocenters. The van der Waals surface area contributed by atoms with E-state index in [-0.39, 0.29) is 12.4 Å². The molecule has 0 aliphatic heterocycles. The highest BCUT2D eigenvalue weighted by molar-refractivity contribution is 5.75. The fourth-order valence-corrected chi connectivity index (χ4v) is 1.74. The van der Waals surface area contributed by atoms with Gasteiger partial charge in [0.05, 0.1) is 12.7 Å². The van der Waals surface area contributed by atoms with Gasteiger partial charge in [-0.3, -0.25) is 16.0 Å². The Labute approximate surface area is 123 Å². The van der Waals surface area contributed by atoms with Crippen molar-refractivity contribution in [3.05, 3.63) is 35.5 Å². The van der Waals surface area contributed by atoms with Crippen molar-refractivity contribution in [1.82, 2.24) is 30.9 Å². The lowest BCUT2D eigenvalue weighted by atomic mass is 10.4. The summed E-state index contributed by atoms with van der Waals surface area (Å²) in [6, 6.07) is 0.0398. The SMILES string of the molecule is O=C(NCc1nc(C2CC2)n[nH]1)NNc1ncc(F)cc1F. The van der Waals surface area contributed by atoms with Gasteiger partial charge in [-0.15, -0.1) is 0 Å². The predicted octanol–water partition coefficient (Wildman–Crippen LogP) is 1.18. The van der Waals surface area contributed by atoms with Crippen LogP contribution in [0.5, 0.6) is 0 Å². The normalized spacial score (nSPS) is 13.7. The lowest BCUT2D eigenvalue weighted by molar-refractivity contribution is 0.242. The van der Waals surface area contributed by atoms with Crippen LogP contribution in [0.3, 0.4) is 0 Å². The van der Waals surface area contributed by atoms with Crippen molar-refractivity contribution in [3.8, 4) is 0 Å². The van der Waals surface area contributed by atoms with E-state index in [1.807, 2.05) is 0 Å². The maximum absolute atomic E-state index is 13.3. The average Bonchev–Trinajstić information content (AvgIpc) is 3.23. The molecule has 0 spiro atoms. The molecule has 3 rings (SSSR count). The van der Waals surface area contributed by atoms with Gasteiger partial charge >= 0.3 is 6.03 Å². The maximum atomic E-state index is 13.3. The first kappa shape index (κ1) is 14.2. The Morgan fingerprint density at radius 2 is 2.23 bits per heavy atom. The highest BCUT2D eigenvalue weighted by Crippen LogP contribution is 2.37. The van der Waals surface area contributed by atoms with Gasteiger partial charge in [-0.2, -0.15) is 5.10 Å². The molecule has 1 saturated carbocycles. The molecule has 0 aromatic carbocycles. The smallest absolute Gasteiger partial charge is 0.329 e. The first-order chi connectivity index (χ1) is 10.6. The van der Waals surface area contributed by atoms with Crippen LogP contribution in [0, 0.1) is 11.6 Å². The van der Waals surface area contributed by atoms with E-state index in [1.165, 1.54) is 0 Å². The molecule has 8 nitrogen and oxygen atoms in total. The summed E-state index contributed by atoms with van der Waals surface area (Å²) in [6.07, 6.45) is 3.01. The summed E-state index contributed by atoms with van der Waals surface area (Å²) in [5.74, 6) is -0.287. The number of pyridine rings is 1. The summed E-state index contributed by atoms with van der Waals surface area (Å²) >= 11 is 0. The van der Waals surface area contributed by atoms with Crippen molar-refractivity contribution in [2.75, 3.05) is 5.43 Å². The van der Waals surface area contributed by atoms with Crippen LogP contribution in [0.25, 0.3) is 0 Å². The van der Waals surface area contributed by atoms with Gasteiger partial charge in [-0.05, 0) is 12.8 Å². The molecule has 1 aliphatic rings. The topological polar surface area (TPSA) is 108 Å². The Hall–Kier alpha value is -2.78. The van der Waals surface area contributed by atoms with Crippen molar-refractivity contribution in [2.24, 2.45) is 0 Å². The number of nitrogens with zero attached hydrogens (tertiary/aromatic N) is 3. The van der Waals surface area contributed by atoms with Gasteiger partial charge in [0.2, 0.25) is 0 Å². The van der Waals surface area contributed by atoms with Crippen LogP contribution in [-0.4, -0.2) is 26.2 Å². The second-order valence-electron chi connectivity index (χ2n) is 4.83. The van der Waals surface area contributed by atoms with Crippen LogP contribution < -0.4 is 16.2 Å². The number of halogens is 2. The number of aromatic amines is 1. The van der Waals surface area contributed by atoms with E-state index in [4.69, 9.17) is 0 Å². The second-order valence-corrected chi connectivity index (χ2v) is 4.83. The van der Waals surface area contributed by atoms with Gasteiger partial charge in [0.25, 0.3) is 0 Å². The van der Waals surface area contributed by atoms with Gasteiger partial charge in [0.1, 0.15) is 11.6 Å². The van der Waals surface area contributed by atoms with Crippen molar-refractivity contribution in [3.63, 3.8) is 0 Å². The van der Waals surface area contributed by atoms with Crippen molar-refractivity contribution >= 4 is 11.8 Å². The number of rotatable bonds is 5. The third-order valence-electron chi connectivity index (χ3n) is 3.01. The third-order valence-corrected chi connectivity index (χ3v) is 3.01. The van der Waals surface area contributed by atoms with E-state index in [9.17, 15) is 13.6 Å². The summed E-state index contributed by atoms with van der Waals surface area (Å²) < 4.78 is 25.9. The van der Waals surface area contributed by atoms with E-state index in [2.05, 4.69) is 36.3 Å². The number of hydrogen-bond donors (Lipinski definition) is 4. The number of aromatic nitrogens is 4. The number of anilines is 1. The van der Waals surface area contributed by atoms with Gasteiger partial charge in [0.15, 0.2) is 17.5 Å². The molecule has 22 heavy (non-hydrogen) atoms. The summed E-state index contributed by atoms with van der Waals surface area (Å²) in [5.41, 5.74) is 4.43. The van der Waals surface area contributed by atoms with E-state index in [1.54, 1.807) is 0 Å². The van der Waals surface area contributed by atoms with Crippen LogP contribution in [0.4, 0.5) is 19.4 Å². The number of carbonyl (C=O) groups excluding carboxylic acids is 1. The van der Waals surface area contributed by atoms with Gasteiger partial charge in [0, 0.05) is 12.0 Å². The molecule has 2 aromatic heterocycles. The largest absolute Gasteiger partial charge is 0.333 e. The molecule has 0 saturated heterocycles. The number of urea groups is 1. The number of hydrogen-bond acceptors (Lipinski definition) is 5. The first-order valence-electron chi connectivity index (χ1n) is 6.64. The molecular weight excluding hydrogens is 296 g/mol. The molecular formula is C12H13F2N7O. The van der Waals surface area contributed by atoms with E-state index >= 15 is 0 Å². The molecule has 0 radical (unpaired) electrons. The molecule has 116 valence electrons. The Bertz CT molecular complexity index is 686. The van der Waals surface area contributed by atoms with Gasteiger partial charge in [-0.25, -0.2) is 23.5 Å². The van der Waals surface area contributed by atoms with Crippen LogP contribution in [0.15, 0.2) is 12.3 Å². The monoisotopic (exact) mass is 309 g/mol. The van der Waals surface area contributed by atoms with Gasteiger partial charge in [-0.1, -0.05) is 0 Å². The molecule has 0 unspecified atom stereocenters. The molecule has 0 bridgehead atoms. The fourth-order valence-electron chi connectivity index (χ4n) is 1.74. The molecule has 2 heterocycles. The summed E-state index contributed by atoms with van der Waals surface area (Å²) in [6.45, 7) is 0.145. The minimum Gasteiger partial charge on any atom is -0.329 e. The van der Waals surface area contributed by atoms with Crippen LogP contribution in [0.1, 0.15) is 30.4 Å². The Balaban J connectivity index is 1.45. The highest BCUT2D eigenvalue weighted by Gasteiger charge is 2.27. The van der Waals surface area contributed by atoms with Crippen molar-refractivity contribution < 1.29 is 13.6 Å². The average molecular weight is 309 g/mol. The maximum Gasteiger partial charge on any atom is 0.333 e. The molecule has 1 fully saturated rings. The predicted molar refractivity (Wildman–Crippen MR) is 71.5 cm³/mol. The van der Waals surface area contributed by atoms with E-state index < -0.39 is 17.7 Å². The lowest BCUT2D eigenvalue weighted by Crippen LogP contribution is -2.39. The molecule has 2 amide bonds. The Morgan fingerprint density at radius 3 is 2.95 bits per heavy atom. The van der Waals surface area contributed by atoms with Crippen molar-refractivity contribution in [2.45, 2.75) is 25.3 Å². The van der Waals surface area contributed by atoms with Crippen molar-refractivity contribution in [1.29, 1.82) is 0 Å². The zero-order chi connectivity index (χ0) is 15.5. The number of amides is 2. The Kier molecular flexibility index (Phi) is 3.81. The standard InChI is InChI=1S/C12H13F2N7O/c13-7-3-8(14)11(15-4-7)20-21-12(22)16-5-9-17-10(19-18-9)6-1-2-6/h3-4,6H,1-2,5H2,(H,15,20)(H2,16,21,22)(H,17,18,19). The number of hydrazine groups is 1. The summed E-state index contributed by atoms with van der Waals surface area (Å²) in [5, 5.41) is 9.29. The number of nitrogens with one attached hydrogen (secondary N) is 4. The molecule has 2 aromatic rings. The summed E-state index contributed by atoms with van der Waals surface area (Å²) in [7, 11) is 0. The van der Waals surface area contributed by atoms with Crippen LogP contribution in [0.2, 0.25) is 0 Å². The highest BCUT2D eigenvalue weighted by atomic mass is 19.1. The number of carbonyl (C=O) groups is 1. The quantitative estimate of drug-likeness (QED) is 0.620. The number of H-pyrrole nitrogens is 1. The minimum atomic E-state index is -0.912. The Morgan fingerprint density at radius 1 is 1.41 bits per heavy atom. The van der Waals surface area contributed by atoms with Crippen LogP contribution >= 0.6 is 0 Å². The third kappa shape index (κ3) is 3.45. The molecule has 1 aliphatic carbocycles. The fraction of sp³-hybridized carbons (Fsp3) is 0.333. The zero-order valence-electron chi connectivity index (χ0n) is 11.4. The molecule has 4 N–H and O–H groups in total. The summed E-state index contributed by atoms with van der Waals surface area (Å²) in [4.78, 5) is 19.3. The van der Waals surface area contributed by atoms with E-state index in [0.717, 1.165) is 24.9 Å². The zero-order valence-corrected chi connectivity index (χ0v) is 11.4. The second kappa shape index (κ2) is 5.92. The molecule has 10 heteroatoms. The van der Waals surface area contributed by atoms with E-state index in [0.29, 0.717) is 17.8 Å². The minimum absolute atomic E-state index is 0.145. The van der Waals surface area contributed by atoms with Gasteiger partial charge < -0.3 is 5.32 Å². The first-order valence-corrected chi connectivity index (χ1v) is 6.64.